The molecule has 0 aromatic carbocycles. The van der Waals surface area contributed by atoms with Gasteiger partial charge in [0.05, 0.1) is 5.39 Å². The molecule has 0 saturated carbocycles. The third-order valence-electron chi connectivity index (χ3n) is 3.19. The molecular formula is C13H18ClN3S. The largest absolute Gasteiger partial charge is 0.356 e. The fraction of sp³-hybridized carbons (Fsp3) is 0.538. The zero-order valence-corrected chi connectivity index (χ0v) is 12.6. The van der Waals surface area contributed by atoms with Crippen LogP contribution in [0.5, 0.6) is 0 Å². The number of anilines is 1. The summed E-state index contributed by atoms with van der Waals surface area (Å²) < 4.78 is 0. The third-order valence-corrected chi connectivity index (χ3v) is 4.57. The molecule has 18 heavy (non-hydrogen) atoms. The summed E-state index contributed by atoms with van der Waals surface area (Å²) in [6.07, 6.45) is 2.64. The molecule has 2 heterocycles. The number of nitrogens with zero attached hydrogens (tertiary/aromatic N) is 3. The second kappa shape index (κ2) is 5.85. The average molecular weight is 284 g/mol. The Morgan fingerprint density at radius 3 is 2.78 bits per heavy atom. The molecule has 0 spiro atoms. The van der Waals surface area contributed by atoms with Gasteiger partial charge in [-0.3, -0.25) is 0 Å². The minimum atomic E-state index is 0.687. The Balaban J connectivity index is 2.48. The normalized spacial score (nSPS) is 11.1. The first-order chi connectivity index (χ1) is 8.69. The van der Waals surface area contributed by atoms with Crippen LogP contribution in [0.2, 0.25) is 0 Å². The van der Waals surface area contributed by atoms with E-state index in [2.05, 4.69) is 35.6 Å². The highest BCUT2D eigenvalue weighted by Crippen LogP contribution is 2.34. The molecule has 98 valence electrons. The van der Waals surface area contributed by atoms with Crippen LogP contribution < -0.4 is 4.90 Å². The Bertz CT molecular complexity index is 538. The van der Waals surface area contributed by atoms with Gasteiger partial charge in [-0.05, 0) is 32.8 Å². The molecule has 0 radical (unpaired) electrons. The predicted molar refractivity (Wildman–Crippen MR) is 80.1 cm³/mol. The average Bonchev–Trinajstić information content (AvgIpc) is 2.67. The van der Waals surface area contributed by atoms with Crippen LogP contribution in [0.25, 0.3) is 10.2 Å². The van der Waals surface area contributed by atoms with E-state index in [1.807, 2.05) is 0 Å². The molecule has 0 saturated heterocycles. The van der Waals surface area contributed by atoms with Gasteiger partial charge in [0, 0.05) is 23.8 Å². The second-order valence-electron chi connectivity index (χ2n) is 4.28. The van der Waals surface area contributed by atoms with Gasteiger partial charge in [-0.15, -0.1) is 22.9 Å². The molecule has 2 aromatic rings. The number of hydrogen-bond donors (Lipinski definition) is 0. The lowest BCUT2D eigenvalue weighted by Gasteiger charge is -2.22. The van der Waals surface area contributed by atoms with E-state index in [-0.39, 0.29) is 0 Å². The van der Waals surface area contributed by atoms with Gasteiger partial charge in [0.1, 0.15) is 17.0 Å². The molecular weight excluding hydrogens is 266 g/mol. The second-order valence-corrected chi connectivity index (χ2v) is 5.86. The Kier molecular flexibility index (Phi) is 4.40. The van der Waals surface area contributed by atoms with Crippen LogP contribution in [0.4, 0.5) is 5.82 Å². The summed E-state index contributed by atoms with van der Waals surface area (Å²) in [5.74, 6) is 1.74. The van der Waals surface area contributed by atoms with Crippen molar-refractivity contribution in [1.82, 2.24) is 9.97 Å². The van der Waals surface area contributed by atoms with E-state index in [4.69, 9.17) is 11.6 Å². The number of thiophene rings is 1. The van der Waals surface area contributed by atoms with Gasteiger partial charge in [-0.2, -0.15) is 0 Å². The maximum atomic E-state index is 5.79. The van der Waals surface area contributed by atoms with E-state index in [9.17, 15) is 0 Å². The van der Waals surface area contributed by atoms with Crippen molar-refractivity contribution in [2.75, 3.05) is 23.9 Å². The van der Waals surface area contributed by atoms with Crippen molar-refractivity contribution in [1.29, 1.82) is 0 Å². The summed E-state index contributed by atoms with van der Waals surface area (Å²) in [5.41, 5.74) is 1.30. The zero-order chi connectivity index (χ0) is 13.1. The van der Waals surface area contributed by atoms with Gasteiger partial charge in [0.2, 0.25) is 0 Å². The van der Waals surface area contributed by atoms with E-state index in [0.29, 0.717) is 5.88 Å². The van der Waals surface area contributed by atoms with Crippen LogP contribution >= 0.6 is 22.9 Å². The quantitative estimate of drug-likeness (QED) is 0.782. The van der Waals surface area contributed by atoms with Crippen molar-refractivity contribution in [2.24, 2.45) is 0 Å². The monoisotopic (exact) mass is 283 g/mol. The van der Waals surface area contributed by atoms with E-state index < -0.39 is 0 Å². The topological polar surface area (TPSA) is 29.0 Å². The number of rotatable bonds is 5. The van der Waals surface area contributed by atoms with Crippen molar-refractivity contribution in [3.63, 3.8) is 0 Å². The number of halogens is 1. The molecule has 0 bridgehead atoms. The van der Waals surface area contributed by atoms with Crippen LogP contribution in [0, 0.1) is 13.8 Å². The van der Waals surface area contributed by atoms with E-state index in [1.54, 1.807) is 17.7 Å². The molecule has 5 heteroatoms. The van der Waals surface area contributed by atoms with Crippen molar-refractivity contribution < 1.29 is 0 Å². The Hall–Kier alpha value is -0.870. The molecule has 0 aliphatic rings. The number of aryl methyl sites for hydroxylation is 2. The Morgan fingerprint density at radius 1 is 1.33 bits per heavy atom. The maximum Gasteiger partial charge on any atom is 0.141 e. The summed E-state index contributed by atoms with van der Waals surface area (Å²) in [5, 5.41) is 1.21. The molecule has 0 atom stereocenters. The molecule has 0 aliphatic carbocycles. The lowest BCUT2D eigenvalue weighted by Crippen LogP contribution is -2.25. The fourth-order valence-corrected chi connectivity index (χ4v) is 3.18. The van der Waals surface area contributed by atoms with Gasteiger partial charge in [-0.1, -0.05) is 0 Å². The summed E-state index contributed by atoms with van der Waals surface area (Å²) in [7, 11) is 0. The molecule has 2 aromatic heterocycles. The summed E-state index contributed by atoms with van der Waals surface area (Å²) >= 11 is 7.53. The summed E-state index contributed by atoms with van der Waals surface area (Å²) in [6, 6.07) is 0. The Labute approximate surface area is 117 Å². The van der Waals surface area contributed by atoms with Gasteiger partial charge < -0.3 is 4.90 Å². The lowest BCUT2D eigenvalue weighted by atomic mass is 10.2. The summed E-state index contributed by atoms with van der Waals surface area (Å²) in [6.45, 7) is 8.32. The van der Waals surface area contributed by atoms with E-state index in [0.717, 1.165) is 30.2 Å². The molecule has 3 nitrogen and oxygen atoms in total. The molecule has 0 N–H and O–H groups in total. The van der Waals surface area contributed by atoms with Crippen LogP contribution in [-0.4, -0.2) is 28.9 Å². The molecule has 0 amide bonds. The molecule has 0 aliphatic heterocycles. The third kappa shape index (κ3) is 2.45. The lowest BCUT2D eigenvalue weighted by molar-refractivity contribution is 0.784. The zero-order valence-electron chi connectivity index (χ0n) is 11.0. The predicted octanol–water partition coefficient (Wildman–Crippen LogP) is 3.76. The van der Waals surface area contributed by atoms with Gasteiger partial charge in [0.15, 0.2) is 0 Å². The van der Waals surface area contributed by atoms with E-state index in [1.165, 1.54) is 15.8 Å². The summed E-state index contributed by atoms with van der Waals surface area (Å²) in [4.78, 5) is 13.5. The van der Waals surface area contributed by atoms with E-state index >= 15 is 0 Å². The fourth-order valence-electron chi connectivity index (χ4n) is 2.07. The minimum Gasteiger partial charge on any atom is -0.356 e. The maximum absolute atomic E-state index is 5.79. The highest BCUT2D eigenvalue weighted by atomic mass is 35.5. The van der Waals surface area contributed by atoms with Crippen molar-refractivity contribution in [3.05, 3.63) is 16.8 Å². The number of hydrogen-bond acceptors (Lipinski definition) is 4. The Morgan fingerprint density at radius 2 is 2.11 bits per heavy atom. The van der Waals surface area contributed by atoms with Gasteiger partial charge in [0.25, 0.3) is 0 Å². The number of fused-ring (bicyclic) bond motifs is 1. The van der Waals surface area contributed by atoms with Crippen LogP contribution in [-0.2, 0) is 0 Å². The highest BCUT2D eigenvalue weighted by Gasteiger charge is 2.15. The highest BCUT2D eigenvalue weighted by molar-refractivity contribution is 7.18. The molecule has 0 fully saturated rings. The molecule has 0 unspecified atom stereocenters. The number of alkyl halides is 1. The number of aromatic nitrogens is 2. The first-order valence-electron chi connectivity index (χ1n) is 6.20. The van der Waals surface area contributed by atoms with Crippen LogP contribution in [0.1, 0.15) is 23.8 Å². The van der Waals surface area contributed by atoms with Gasteiger partial charge >= 0.3 is 0 Å². The van der Waals surface area contributed by atoms with Gasteiger partial charge in [-0.25, -0.2) is 9.97 Å². The standard InChI is InChI=1S/C13H18ClN3S/c1-4-17(7-5-6-14)12-11-9(2)10(3)18-13(11)16-8-15-12/h8H,4-7H2,1-3H3. The first kappa shape index (κ1) is 13.6. The van der Waals surface area contributed by atoms with Crippen LogP contribution in [0.15, 0.2) is 6.33 Å². The smallest absolute Gasteiger partial charge is 0.141 e. The van der Waals surface area contributed by atoms with Crippen LogP contribution in [0.3, 0.4) is 0 Å². The first-order valence-corrected chi connectivity index (χ1v) is 7.55. The SMILES string of the molecule is CCN(CCCCl)c1ncnc2sc(C)c(C)c12. The van der Waals surface area contributed by atoms with Crippen molar-refractivity contribution in [2.45, 2.75) is 27.2 Å². The minimum absolute atomic E-state index is 0.687. The van der Waals surface area contributed by atoms with Crippen molar-refractivity contribution in [3.8, 4) is 0 Å². The van der Waals surface area contributed by atoms with Crippen molar-refractivity contribution >= 4 is 39.0 Å². The molecule has 2 rings (SSSR count).